The molecule has 1 amide bonds. The van der Waals surface area contributed by atoms with Crippen LogP contribution < -0.4 is 10.1 Å². The topological polar surface area (TPSA) is 67.0 Å². The zero-order valence-corrected chi connectivity index (χ0v) is 15.8. The molecule has 0 saturated carbocycles. The van der Waals surface area contributed by atoms with Crippen LogP contribution in [0.25, 0.3) is 0 Å². The van der Waals surface area contributed by atoms with Crippen molar-refractivity contribution in [2.75, 3.05) is 5.32 Å². The lowest BCUT2D eigenvalue weighted by Crippen LogP contribution is -2.13. The Morgan fingerprint density at radius 3 is 2.69 bits per heavy atom. The van der Waals surface area contributed by atoms with Gasteiger partial charge in [0.15, 0.2) is 11.4 Å². The first-order chi connectivity index (χ1) is 12.5. The number of hydrogen-bond donors (Lipinski definition) is 2. The third-order valence-electron chi connectivity index (χ3n) is 3.68. The first-order valence-electron chi connectivity index (χ1n) is 8.03. The van der Waals surface area contributed by atoms with Crippen molar-refractivity contribution in [2.45, 2.75) is 19.8 Å². The summed E-state index contributed by atoms with van der Waals surface area (Å²) in [6.45, 7) is 4.00. The number of halogens is 2. The van der Waals surface area contributed by atoms with Gasteiger partial charge in [0, 0.05) is 6.07 Å². The molecule has 0 radical (unpaired) electrons. The third kappa shape index (κ3) is 3.94. The minimum absolute atomic E-state index is 0.196. The average molecular weight is 418 g/mol. The summed E-state index contributed by atoms with van der Waals surface area (Å²) in [7, 11) is 0. The number of amides is 1. The van der Waals surface area contributed by atoms with Crippen LogP contribution in [-0.4, -0.2) is 16.1 Å². The highest BCUT2D eigenvalue weighted by Crippen LogP contribution is 2.31. The van der Waals surface area contributed by atoms with E-state index in [9.17, 15) is 9.18 Å². The van der Waals surface area contributed by atoms with E-state index in [4.69, 9.17) is 4.74 Å². The molecule has 3 aromatic rings. The first kappa shape index (κ1) is 18.1. The van der Waals surface area contributed by atoms with E-state index in [0.717, 1.165) is 5.69 Å². The second-order valence-corrected chi connectivity index (χ2v) is 6.76. The average Bonchev–Trinajstić information content (AvgIpc) is 2.98. The molecule has 0 bridgehead atoms. The first-order valence-corrected chi connectivity index (χ1v) is 8.82. The summed E-state index contributed by atoms with van der Waals surface area (Å²) < 4.78 is 19.7. The number of aromatic nitrogens is 2. The van der Waals surface area contributed by atoms with Crippen LogP contribution in [-0.2, 0) is 0 Å². The number of nitrogens with one attached hydrogen (secondary N) is 2. The van der Waals surface area contributed by atoms with Gasteiger partial charge in [-0.15, -0.1) is 0 Å². The number of anilines is 1. The Labute approximate surface area is 158 Å². The van der Waals surface area contributed by atoms with Gasteiger partial charge in [0.05, 0.1) is 15.9 Å². The Hall–Kier alpha value is -2.67. The minimum Gasteiger partial charge on any atom is -0.455 e. The summed E-state index contributed by atoms with van der Waals surface area (Å²) in [5, 5.41) is 9.74. The summed E-state index contributed by atoms with van der Waals surface area (Å²) in [6, 6.07) is 12.7. The molecule has 0 aliphatic carbocycles. The molecule has 5 nitrogen and oxygen atoms in total. The molecule has 3 rings (SSSR count). The largest absolute Gasteiger partial charge is 0.455 e. The fourth-order valence-electron chi connectivity index (χ4n) is 2.37. The maximum absolute atomic E-state index is 13.3. The van der Waals surface area contributed by atoms with Crippen molar-refractivity contribution in [1.82, 2.24) is 10.2 Å². The van der Waals surface area contributed by atoms with Gasteiger partial charge in [-0.1, -0.05) is 32.0 Å². The fourth-order valence-corrected chi connectivity index (χ4v) is 3.19. The molecule has 2 aromatic carbocycles. The van der Waals surface area contributed by atoms with E-state index >= 15 is 0 Å². The van der Waals surface area contributed by atoms with E-state index in [1.807, 2.05) is 13.8 Å². The van der Waals surface area contributed by atoms with E-state index in [2.05, 4.69) is 31.4 Å². The van der Waals surface area contributed by atoms with Crippen molar-refractivity contribution < 1.29 is 13.9 Å². The summed E-state index contributed by atoms with van der Waals surface area (Å²) >= 11 is 3.42. The number of para-hydroxylation sites is 2. The molecule has 0 aliphatic heterocycles. The zero-order chi connectivity index (χ0) is 18.7. The molecule has 2 N–H and O–H groups in total. The second kappa shape index (κ2) is 7.70. The normalized spacial score (nSPS) is 10.8. The lowest BCUT2D eigenvalue weighted by Gasteiger charge is -2.12. The van der Waals surface area contributed by atoms with Crippen molar-refractivity contribution in [3.05, 3.63) is 70.2 Å². The number of H-pyrrole nitrogens is 1. The van der Waals surface area contributed by atoms with Gasteiger partial charge in [0.2, 0.25) is 0 Å². The van der Waals surface area contributed by atoms with Crippen molar-refractivity contribution in [3.8, 4) is 11.5 Å². The van der Waals surface area contributed by atoms with Crippen LogP contribution in [0.3, 0.4) is 0 Å². The SMILES string of the molecule is CC(C)c1[nH]nc(C(=O)Nc2ccccc2Oc2cccc(F)c2)c1Br. The van der Waals surface area contributed by atoms with Gasteiger partial charge in [-0.2, -0.15) is 5.10 Å². The van der Waals surface area contributed by atoms with Crippen LogP contribution >= 0.6 is 15.9 Å². The molecule has 134 valence electrons. The zero-order valence-electron chi connectivity index (χ0n) is 14.2. The number of carbonyl (C=O) groups excluding carboxylic acids is 1. The quantitative estimate of drug-likeness (QED) is 0.577. The molecule has 0 atom stereocenters. The Balaban J connectivity index is 1.83. The van der Waals surface area contributed by atoms with Gasteiger partial charge in [-0.05, 0) is 46.1 Å². The number of ether oxygens (including phenoxy) is 1. The molecule has 1 aromatic heterocycles. The smallest absolute Gasteiger partial charge is 0.277 e. The van der Waals surface area contributed by atoms with Crippen LogP contribution in [0.1, 0.15) is 35.9 Å². The molecule has 0 unspecified atom stereocenters. The lowest BCUT2D eigenvalue weighted by atomic mass is 10.1. The molecule has 7 heteroatoms. The standard InChI is InChI=1S/C19H17BrFN3O2/c1-11(2)17-16(20)18(24-23-17)19(25)22-14-8-3-4-9-15(14)26-13-7-5-6-12(21)10-13/h3-11H,1-2H3,(H,22,25)(H,23,24). The minimum atomic E-state index is -0.398. The van der Waals surface area contributed by atoms with Gasteiger partial charge >= 0.3 is 0 Å². The predicted octanol–water partition coefficient (Wildman–Crippen LogP) is 5.48. The van der Waals surface area contributed by atoms with Crippen molar-refractivity contribution in [1.29, 1.82) is 0 Å². The summed E-state index contributed by atoms with van der Waals surface area (Å²) in [5.74, 6) is 0.167. The number of aromatic amines is 1. The molecular weight excluding hydrogens is 401 g/mol. The van der Waals surface area contributed by atoms with Gasteiger partial charge in [-0.25, -0.2) is 4.39 Å². The number of carbonyl (C=O) groups is 1. The van der Waals surface area contributed by atoms with Gasteiger partial charge in [0.1, 0.15) is 11.6 Å². The van der Waals surface area contributed by atoms with Crippen LogP contribution in [0.5, 0.6) is 11.5 Å². The highest BCUT2D eigenvalue weighted by atomic mass is 79.9. The predicted molar refractivity (Wildman–Crippen MR) is 101 cm³/mol. The van der Waals surface area contributed by atoms with Gasteiger partial charge in [-0.3, -0.25) is 9.89 Å². The van der Waals surface area contributed by atoms with Crippen molar-refractivity contribution >= 4 is 27.5 Å². The second-order valence-electron chi connectivity index (χ2n) is 5.96. The van der Waals surface area contributed by atoms with E-state index in [-0.39, 0.29) is 17.5 Å². The van der Waals surface area contributed by atoms with Crippen LogP contribution in [0.2, 0.25) is 0 Å². The van der Waals surface area contributed by atoms with Crippen LogP contribution in [0.4, 0.5) is 10.1 Å². The summed E-state index contributed by atoms with van der Waals surface area (Å²) in [6.07, 6.45) is 0. The molecule has 1 heterocycles. The molecule has 0 spiro atoms. The molecule has 0 fully saturated rings. The maximum atomic E-state index is 13.3. The monoisotopic (exact) mass is 417 g/mol. The van der Waals surface area contributed by atoms with Gasteiger partial charge < -0.3 is 10.1 Å². The van der Waals surface area contributed by atoms with Gasteiger partial charge in [0.25, 0.3) is 5.91 Å². The number of rotatable bonds is 5. The molecular formula is C19H17BrFN3O2. The van der Waals surface area contributed by atoms with Crippen LogP contribution in [0, 0.1) is 5.82 Å². The fraction of sp³-hybridized carbons (Fsp3) is 0.158. The number of benzene rings is 2. The maximum Gasteiger partial charge on any atom is 0.277 e. The lowest BCUT2D eigenvalue weighted by molar-refractivity contribution is 0.102. The van der Waals surface area contributed by atoms with Crippen LogP contribution in [0.15, 0.2) is 53.0 Å². The molecule has 0 saturated heterocycles. The van der Waals surface area contributed by atoms with E-state index in [0.29, 0.717) is 21.7 Å². The summed E-state index contributed by atoms with van der Waals surface area (Å²) in [5.41, 5.74) is 1.57. The Kier molecular flexibility index (Phi) is 5.37. The highest BCUT2D eigenvalue weighted by Gasteiger charge is 2.20. The number of hydrogen-bond acceptors (Lipinski definition) is 3. The number of nitrogens with zero attached hydrogens (tertiary/aromatic N) is 1. The third-order valence-corrected chi connectivity index (χ3v) is 4.49. The Bertz CT molecular complexity index is 940. The molecule has 0 aliphatic rings. The Morgan fingerprint density at radius 2 is 2.00 bits per heavy atom. The van der Waals surface area contributed by atoms with E-state index < -0.39 is 5.82 Å². The Morgan fingerprint density at radius 1 is 1.23 bits per heavy atom. The molecule has 26 heavy (non-hydrogen) atoms. The van der Waals surface area contributed by atoms with E-state index in [1.54, 1.807) is 36.4 Å². The van der Waals surface area contributed by atoms with Crippen molar-refractivity contribution in [3.63, 3.8) is 0 Å². The highest BCUT2D eigenvalue weighted by molar-refractivity contribution is 9.10. The van der Waals surface area contributed by atoms with E-state index in [1.165, 1.54) is 12.1 Å². The summed E-state index contributed by atoms with van der Waals surface area (Å²) in [4.78, 5) is 12.6. The van der Waals surface area contributed by atoms with Crippen molar-refractivity contribution in [2.24, 2.45) is 0 Å².